The van der Waals surface area contributed by atoms with Gasteiger partial charge >= 0.3 is 16.2 Å². The molecule has 2 atom stereocenters. The first-order valence-electron chi connectivity index (χ1n) is 16.2. The molecule has 6 rings (SSSR count). The lowest BCUT2D eigenvalue weighted by Gasteiger charge is -2.31. The van der Waals surface area contributed by atoms with Gasteiger partial charge in [0.15, 0.2) is 19.8 Å². The third kappa shape index (κ3) is 10.1. The number of nitrogens with one attached hydrogen (secondary N) is 1. The van der Waals surface area contributed by atoms with Crippen molar-refractivity contribution in [3.8, 4) is 18.1 Å². The van der Waals surface area contributed by atoms with Crippen LogP contribution in [0.3, 0.4) is 0 Å². The number of carbonyl (C=O) groups excluding carboxylic acids is 2. The van der Waals surface area contributed by atoms with E-state index in [-0.39, 0.29) is 42.7 Å². The normalized spacial score (nSPS) is 18.4. The highest BCUT2D eigenvalue weighted by Crippen LogP contribution is 2.38. The van der Waals surface area contributed by atoms with Crippen LogP contribution in [0, 0.1) is 23.6 Å². The number of aromatic nitrogens is 2. The molecule has 3 aliphatic rings. The zero-order valence-corrected chi connectivity index (χ0v) is 32.2. The standard InChI is InChI=1S/C18H17FN4O2S.C10H12N2O3S.C5H12NO4P/c1-4-5-22-13-7-12(11(19)6-14(13)25-9-16(22)24)20-17-23-10-18(2,3)8-15(23)21-26-17;1-7(2)12-10(13)8-5-3-4-6-9(8)11-16(12,14)15;1-11(9,10)3-2-4(6)5(7)8/h1,6-7H,5,8-10H2,2-3H3;3-7,11H,1-2H3;4H,2-3,6H2,1H3,(H,7,8)(H,9,10). The maximum Gasteiger partial charge on any atom is 0.326 e. The lowest BCUT2D eigenvalue weighted by atomic mass is 9.92. The quantitative estimate of drug-likeness (QED) is 0.201. The van der Waals surface area contributed by atoms with E-state index >= 15 is 0 Å². The average molecular weight is 794 g/mol. The summed E-state index contributed by atoms with van der Waals surface area (Å²) in [4.78, 5) is 49.4. The van der Waals surface area contributed by atoms with Gasteiger partial charge < -0.3 is 25.0 Å². The highest BCUT2D eigenvalue weighted by atomic mass is 32.2. The number of hydrogen-bond donors (Lipinski definition) is 4. The Morgan fingerprint density at radius 3 is 2.58 bits per heavy atom. The number of amides is 2. The molecule has 5 N–H and O–H groups in total. The van der Waals surface area contributed by atoms with Gasteiger partial charge in [-0.15, -0.1) is 6.42 Å². The molecule has 20 heteroatoms. The van der Waals surface area contributed by atoms with Crippen LogP contribution in [-0.4, -0.2) is 87.5 Å². The van der Waals surface area contributed by atoms with Crippen molar-refractivity contribution in [2.24, 2.45) is 16.1 Å². The van der Waals surface area contributed by atoms with Crippen LogP contribution in [0.5, 0.6) is 5.75 Å². The van der Waals surface area contributed by atoms with E-state index in [1.165, 1.54) is 35.2 Å². The molecule has 2 aromatic carbocycles. The Morgan fingerprint density at radius 1 is 1.28 bits per heavy atom. The van der Waals surface area contributed by atoms with Gasteiger partial charge in [0, 0.05) is 49.4 Å². The number of hydrogen-bond acceptors (Lipinski definition) is 11. The second kappa shape index (κ2) is 16.2. The minimum Gasteiger partial charge on any atom is -0.481 e. The summed E-state index contributed by atoms with van der Waals surface area (Å²) in [6.45, 7) is 9.55. The Labute approximate surface area is 310 Å². The van der Waals surface area contributed by atoms with Crippen molar-refractivity contribution in [2.45, 2.75) is 59.2 Å². The van der Waals surface area contributed by atoms with Gasteiger partial charge in [0.1, 0.15) is 23.3 Å². The second-order valence-electron chi connectivity index (χ2n) is 13.5. The monoisotopic (exact) mass is 793 g/mol. The molecule has 1 aromatic heterocycles. The fraction of sp³-hybridized carbons (Fsp3) is 0.424. The summed E-state index contributed by atoms with van der Waals surface area (Å²) in [5.74, 6) is 1.30. The fourth-order valence-electron chi connectivity index (χ4n) is 5.43. The molecule has 16 nitrogen and oxygen atoms in total. The van der Waals surface area contributed by atoms with Gasteiger partial charge in [0.25, 0.3) is 11.8 Å². The van der Waals surface area contributed by atoms with Gasteiger partial charge in [-0.1, -0.05) is 31.9 Å². The molecule has 0 saturated carbocycles. The number of fused-ring (bicyclic) bond motifs is 3. The van der Waals surface area contributed by atoms with Gasteiger partial charge in [-0.05, 0) is 43.9 Å². The molecule has 3 aliphatic heterocycles. The van der Waals surface area contributed by atoms with Crippen LogP contribution < -0.4 is 24.9 Å². The van der Waals surface area contributed by atoms with Crippen molar-refractivity contribution in [1.29, 1.82) is 0 Å². The zero-order chi connectivity index (χ0) is 39.5. The number of terminal acetylenes is 1. The number of benzene rings is 2. The van der Waals surface area contributed by atoms with Crippen LogP contribution in [0.4, 0.5) is 21.5 Å². The smallest absolute Gasteiger partial charge is 0.326 e. The number of nitrogens with zero attached hydrogens (tertiary/aromatic N) is 5. The van der Waals surface area contributed by atoms with Crippen LogP contribution in [-0.2, 0) is 37.3 Å². The summed E-state index contributed by atoms with van der Waals surface area (Å²) in [7, 11) is -6.85. The molecule has 0 fully saturated rings. The molecule has 0 saturated heterocycles. The molecular weight excluding hydrogens is 753 g/mol. The number of halogens is 1. The number of carboxylic acid groups (broad SMARTS) is 1. The molecule has 2 unspecified atom stereocenters. The Kier molecular flexibility index (Phi) is 12.6. The van der Waals surface area contributed by atoms with Crippen molar-refractivity contribution in [1.82, 2.24) is 13.2 Å². The third-order valence-corrected chi connectivity index (χ3v) is 11.4. The number of nitrogens with two attached hydrogens (primary N) is 1. The fourth-order valence-corrected chi connectivity index (χ4v) is 8.38. The zero-order valence-electron chi connectivity index (χ0n) is 29.6. The first-order chi connectivity index (χ1) is 24.6. The number of rotatable bonds is 7. The number of carboxylic acids is 1. The highest BCUT2D eigenvalue weighted by Gasteiger charge is 2.37. The van der Waals surface area contributed by atoms with Crippen molar-refractivity contribution >= 4 is 64.0 Å². The van der Waals surface area contributed by atoms with Crippen molar-refractivity contribution in [2.75, 3.05) is 35.6 Å². The molecule has 2 amide bonds. The number of para-hydroxylation sites is 1. The second-order valence-corrected chi connectivity index (χ2v) is 18.3. The van der Waals surface area contributed by atoms with Gasteiger partial charge in [-0.3, -0.25) is 28.6 Å². The van der Waals surface area contributed by atoms with Crippen molar-refractivity contribution in [3.63, 3.8) is 0 Å². The molecule has 4 heterocycles. The molecule has 53 heavy (non-hydrogen) atoms. The summed E-state index contributed by atoms with van der Waals surface area (Å²) in [6, 6.07) is 7.88. The van der Waals surface area contributed by atoms with E-state index in [1.54, 1.807) is 38.1 Å². The molecule has 3 aromatic rings. The minimum absolute atomic E-state index is 0.0412. The Balaban J connectivity index is 0.000000198. The Hall–Kier alpha value is -4.60. The van der Waals surface area contributed by atoms with Crippen LogP contribution in [0.2, 0.25) is 0 Å². The number of ether oxygens (including phenoxy) is 1. The number of carbonyl (C=O) groups is 3. The summed E-state index contributed by atoms with van der Waals surface area (Å²) >= 11 is 1.24. The predicted molar refractivity (Wildman–Crippen MR) is 197 cm³/mol. The van der Waals surface area contributed by atoms with E-state index in [0.29, 0.717) is 27.5 Å². The topological polar surface area (TPSA) is 227 Å². The molecule has 0 aliphatic carbocycles. The van der Waals surface area contributed by atoms with E-state index in [0.717, 1.165) is 23.1 Å². The summed E-state index contributed by atoms with van der Waals surface area (Å²) in [6.07, 6.45) is 6.22. The van der Waals surface area contributed by atoms with E-state index in [9.17, 15) is 31.8 Å². The Bertz CT molecular complexity index is 2170. The lowest BCUT2D eigenvalue weighted by Crippen LogP contribution is -2.48. The van der Waals surface area contributed by atoms with E-state index < -0.39 is 47.4 Å². The highest BCUT2D eigenvalue weighted by molar-refractivity contribution is 7.91. The number of aliphatic carboxylic acids is 1. The largest absolute Gasteiger partial charge is 0.481 e. The van der Waals surface area contributed by atoms with Crippen LogP contribution in [0.1, 0.15) is 50.3 Å². The van der Waals surface area contributed by atoms with E-state index in [4.69, 9.17) is 26.9 Å². The van der Waals surface area contributed by atoms with Crippen molar-refractivity contribution in [3.05, 3.63) is 58.4 Å². The average Bonchev–Trinajstić information content (AvgIpc) is 3.56. The minimum atomic E-state index is -3.75. The molecule has 0 spiro atoms. The van der Waals surface area contributed by atoms with Gasteiger partial charge in [-0.25, -0.2) is 13.7 Å². The van der Waals surface area contributed by atoms with Gasteiger partial charge in [-0.2, -0.15) is 12.8 Å². The van der Waals surface area contributed by atoms with Gasteiger partial charge in [0.05, 0.1) is 23.5 Å². The van der Waals surface area contributed by atoms with Crippen LogP contribution in [0.15, 0.2) is 41.4 Å². The van der Waals surface area contributed by atoms with E-state index in [2.05, 4.69) is 33.9 Å². The SMILES string of the molecule is C#CCN1C(=O)COc2cc(F)c(N=c3snc4n3CC(C)(C)C4)cc21.CC(C)N1C(=O)c2ccccc2NS1(=O)=O.CP(=O)(O)CCC(N)C(=O)O. The maximum absolute atomic E-state index is 14.5. The molecular formula is C33H41FN7O9PS2. The van der Waals surface area contributed by atoms with Gasteiger partial charge in [0.2, 0.25) is 4.80 Å². The van der Waals surface area contributed by atoms with Crippen LogP contribution >= 0.6 is 18.9 Å². The molecule has 0 bridgehead atoms. The predicted octanol–water partition coefficient (Wildman–Crippen LogP) is 3.15. The Morgan fingerprint density at radius 2 is 1.96 bits per heavy atom. The lowest BCUT2D eigenvalue weighted by molar-refractivity contribution is -0.138. The molecule has 0 radical (unpaired) electrons. The summed E-state index contributed by atoms with van der Waals surface area (Å²) in [5.41, 5.74) is 6.49. The summed E-state index contributed by atoms with van der Waals surface area (Å²) in [5, 5.41) is 8.28. The maximum atomic E-state index is 14.5. The first-order valence-corrected chi connectivity index (χ1v) is 20.7. The third-order valence-electron chi connectivity index (χ3n) is 7.93. The summed E-state index contributed by atoms with van der Waals surface area (Å²) < 4.78 is 63.8. The van der Waals surface area contributed by atoms with E-state index in [1.807, 2.05) is 4.57 Å². The number of anilines is 2. The first kappa shape index (κ1) is 41.2. The molecule has 286 valence electrons. The van der Waals surface area contributed by atoms with Crippen LogP contribution in [0.25, 0.3) is 0 Å². The van der Waals surface area contributed by atoms with Crippen molar-refractivity contribution < 1.29 is 46.5 Å².